The second-order valence-electron chi connectivity index (χ2n) is 6.82. The van der Waals surface area contributed by atoms with Gasteiger partial charge in [0.05, 0.1) is 12.2 Å². The number of aliphatic hydroxyl groups is 1. The lowest BCUT2D eigenvalue weighted by Crippen LogP contribution is -2.50. The second-order valence-corrected chi connectivity index (χ2v) is 8.60. The van der Waals surface area contributed by atoms with Crippen LogP contribution in [0.4, 0.5) is 0 Å². The zero-order valence-electron chi connectivity index (χ0n) is 15.8. The summed E-state index contributed by atoms with van der Waals surface area (Å²) >= 11 is 0. The van der Waals surface area contributed by atoms with Gasteiger partial charge in [0.25, 0.3) is 0 Å². The van der Waals surface area contributed by atoms with Crippen molar-refractivity contribution in [3.63, 3.8) is 0 Å². The van der Waals surface area contributed by atoms with Gasteiger partial charge in [0.15, 0.2) is 17.7 Å². The Balaban J connectivity index is 3.16. The summed E-state index contributed by atoms with van der Waals surface area (Å²) in [5.41, 5.74) is 0.190. The average Bonchev–Trinajstić information content (AvgIpc) is 2.60. The van der Waals surface area contributed by atoms with Gasteiger partial charge >= 0.3 is 13.6 Å². The van der Waals surface area contributed by atoms with Crippen LogP contribution in [0.1, 0.15) is 38.1 Å². The Morgan fingerprint density at radius 1 is 1.15 bits per heavy atom. The van der Waals surface area contributed by atoms with E-state index in [0.29, 0.717) is 0 Å². The highest BCUT2D eigenvalue weighted by atomic mass is 31.2. The lowest BCUT2D eigenvalue weighted by molar-refractivity contribution is -0.160. The Bertz CT molecular complexity index is 659. The van der Waals surface area contributed by atoms with E-state index in [1.54, 1.807) is 45.9 Å². The normalized spacial score (nSPS) is 14.9. The minimum absolute atomic E-state index is 0.190. The zero-order valence-corrected chi connectivity index (χ0v) is 16.7. The van der Waals surface area contributed by atoms with Gasteiger partial charge < -0.3 is 24.4 Å². The molecule has 0 aliphatic rings. The van der Waals surface area contributed by atoms with Gasteiger partial charge in [-0.2, -0.15) is 0 Å². The van der Waals surface area contributed by atoms with Gasteiger partial charge in [-0.05, 0) is 24.0 Å². The summed E-state index contributed by atoms with van der Waals surface area (Å²) in [6, 6.07) is 7.90. The quantitative estimate of drug-likeness (QED) is 0.308. The first-order valence-corrected chi connectivity index (χ1v) is 10.2. The minimum Gasteiger partial charge on any atom is -0.448 e. The zero-order chi connectivity index (χ0) is 20.8. The molecule has 0 aromatic heterocycles. The molecule has 0 aliphatic carbocycles. The molecule has 3 N–H and O–H groups in total. The first-order chi connectivity index (χ1) is 12.5. The van der Waals surface area contributed by atoms with Crippen LogP contribution in [0.3, 0.4) is 0 Å². The SMILES string of the molecule is CC(C)C(O[C@@H](CO)[C@H](C=O)OC(=O)c1ccccc1)(C(C)C)P(=O)(O)O. The van der Waals surface area contributed by atoms with E-state index in [9.17, 15) is 29.0 Å². The third-order valence-corrected chi connectivity index (χ3v) is 6.43. The summed E-state index contributed by atoms with van der Waals surface area (Å²) in [6.07, 6.45) is -2.70. The number of carbonyl (C=O) groups is 2. The van der Waals surface area contributed by atoms with Gasteiger partial charge in [0, 0.05) is 0 Å². The molecule has 0 fully saturated rings. The van der Waals surface area contributed by atoms with Crippen molar-refractivity contribution in [3.05, 3.63) is 35.9 Å². The smallest absolute Gasteiger partial charge is 0.357 e. The summed E-state index contributed by atoms with van der Waals surface area (Å²) < 4.78 is 23.0. The Hall–Kier alpha value is -1.57. The lowest BCUT2D eigenvalue weighted by Gasteiger charge is -2.43. The van der Waals surface area contributed by atoms with Gasteiger partial charge in [-0.15, -0.1) is 0 Å². The summed E-state index contributed by atoms with van der Waals surface area (Å²) in [5, 5.41) is 7.72. The number of aldehydes is 1. The average molecular weight is 402 g/mol. The minimum atomic E-state index is -4.82. The van der Waals surface area contributed by atoms with Crippen LogP contribution < -0.4 is 0 Å². The van der Waals surface area contributed by atoms with E-state index in [0.717, 1.165) is 0 Å². The van der Waals surface area contributed by atoms with Gasteiger partial charge in [-0.3, -0.25) is 9.36 Å². The number of aliphatic hydroxyl groups excluding tert-OH is 1. The van der Waals surface area contributed by atoms with Crippen LogP contribution in [0, 0.1) is 11.8 Å². The van der Waals surface area contributed by atoms with Crippen molar-refractivity contribution in [2.45, 2.75) is 45.2 Å². The molecule has 0 saturated heterocycles. The lowest BCUT2D eigenvalue weighted by atomic mass is 9.94. The van der Waals surface area contributed by atoms with Crippen LogP contribution in [0.15, 0.2) is 30.3 Å². The predicted molar refractivity (Wildman–Crippen MR) is 98.1 cm³/mol. The number of carbonyl (C=O) groups excluding carboxylic acids is 2. The topological polar surface area (TPSA) is 130 Å². The van der Waals surface area contributed by atoms with E-state index in [-0.39, 0.29) is 11.8 Å². The summed E-state index contributed by atoms with van der Waals surface area (Å²) in [7, 11) is -4.82. The first-order valence-electron chi connectivity index (χ1n) is 8.56. The fourth-order valence-electron chi connectivity index (χ4n) is 3.09. The van der Waals surface area contributed by atoms with Gasteiger partial charge in [0.1, 0.15) is 6.10 Å². The standard InChI is InChI=1S/C18H27O8P/c1-12(2)18(13(3)4,27(22,23)24)26-16(11-20)15(10-19)25-17(21)14-8-6-5-7-9-14/h5-10,12-13,15-16,20H,11H2,1-4H3,(H2,22,23,24)/t15-,16-/m0/s1. The molecule has 2 atom stereocenters. The molecular formula is C18H27O8P. The summed E-state index contributed by atoms with van der Waals surface area (Å²) in [6.45, 7) is 5.50. The molecule has 27 heavy (non-hydrogen) atoms. The highest BCUT2D eigenvalue weighted by molar-refractivity contribution is 7.53. The van der Waals surface area contributed by atoms with Crippen molar-refractivity contribution in [3.8, 4) is 0 Å². The number of hydrogen-bond acceptors (Lipinski definition) is 6. The molecular weight excluding hydrogens is 375 g/mol. The Morgan fingerprint density at radius 3 is 2.04 bits per heavy atom. The molecule has 0 saturated carbocycles. The number of rotatable bonds is 10. The predicted octanol–water partition coefficient (Wildman–Crippen LogP) is 1.97. The van der Waals surface area contributed by atoms with Crippen molar-refractivity contribution in [1.29, 1.82) is 0 Å². The molecule has 0 bridgehead atoms. The number of benzene rings is 1. The fourth-order valence-corrected chi connectivity index (χ4v) is 4.71. The van der Waals surface area contributed by atoms with Crippen LogP contribution in [-0.2, 0) is 18.8 Å². The van der Waals surface area contributed by atoms with Crippen LogP contribution in [0.25, 0.3) is 0 Å². The Morgan fingerprint density at radius 2 is 1.67 bits per heavy atom. The van der Waals surface area contributed by atoms with E-state index in [1.807, 2.05) is 0 Å². The molecule has 0 radical (unpaired) electrons. The molecule has 0 amide bonds. The molecule has 8 nitrogen and oxygen atoms in total. The Labute approximate surface area is 158 Å². The summed E-state index contributed by atoms with van der Waals surface area (Å²) in [5.74, 6) is -2.11. The Kier molecular flexibility index (Phi) is 8.32. The molecule has 152 valence electrons. The fraction of sp³-hybridized carbons (Fsp3) is 0.556. The van der Waals surface area contributed by atoms with Gasteiger partial charge in [-0.1, -0.05) is 45.9 Å². The maximum Gasteiger partial charge on any atom is 0.357 e. The number of esters is 1. The van der Waals surface area contributed by atoms with Crippen LogP contribution in [-0.4, -0.2) is 51.3 Å². The van der Waals surface area contributed by atoms with Crippen molar-refractivity contribution in [2.24, 2.45) is 11.8 Å². The van der Waals surface area contributed by atoms with E-state index < -0.39 is 49.6 Å². The number of hydrogen-bond donors (Lipinski definition) is 3. The van der Waals surface area contributed by atoms with Crippen LogP contribution >= 0.6 is 7.60 Å². The largest absolute Gasteiger partial charge is 0.448 e. The monoisotopic (exact) mass is 402 g/mol. The molecule has 1 rings (SSSR count). The summed E-state index contributed by atoms with van der Waals surface area (Å²) in [4.78, 5) is 43.5. The van der Waals surface area contributed by atoms with E-state index in [4.69, 9.17) is 9.47 Å². The maximum atomic E-state index is 12.2. The van der Waals surface area contributed by atoms with Crippen molar-refractivity contribution in [2.75, 3.05) is 6.61 Å². The number of ether oxygens (including phenoxy) is 2. The van der Waals surface area contributed by atoms with Gasteiger partial charge in [-0.25, -0.2) is 4.79 Å². The molecule has 1 aromatic rings. The van der Waals surface area contributed by atoms with Crippen LogP contribution in [0.5, 0.6) is 0 Å². The highest BCUT2D eigenvalue weighted by Crippen LogP contribution is 2.59. The third-order valence-electron chi connectivity index (χ3n) is 4.38. The second kappa shape index (κ2) is 9.57. The molecule has 0 spiro atoms. The first kappa shape index (κ1) is 23.5. The highest BCUT2D eigenvalue weighted by Gasteiger charge is 2.55. The van der Waals surface area contributed by atoms with Crippen LogP contribution in [0.2, 0.25) is 0 Å². The van der Waals surface area contributed by atoms with Crippen molar-refractivity contribution in [1.82, 2.24) is 0 Å². The van der Waals surface area contributed by atoms with Gasteiger partial charge in [0.2, 0.25) is 0 Å². The van der Waals surface area contributed by atoms with E-state index in [1.165, 1.54) is 12.1 Å². The van der Waals surface area contributed by atoms with E-state index >= 15 is 0 Å². The van der Waals surface area contributed by atoms with Crippen molar-refractivity contribution < 1.29 is 38.5 Å². The molecule has 9 heteroatoms. The van der Waals surface area contributed by atoms with Crippen molar-refractivity contribution >= 4 is 19.9 Å². The van der Waals surface area contributed by atoms with E-state index in [2.05, 4.69) is 0 Å². The molecule has 1 aromatic carbocycles. The molecule has 0 unspecified atom stereocenters. The molecule has 0 heterocycles. The third kappa shape index (κ3) is 5.24. The maximum absolute atomic E-state index is 12.2. The molecule has 0 aliphatic heterocycles.